The molecule has 4 heteroatoms. The molecule has 72 valence electrons. The molecule has 0 aromatic rings. The normalized spacial score (nSPS) is 33.2. The average Bonchev–Trinajstić information content (AvgIpc) is 1.95. The molecule has 1 saturated heterocycles. The Bertz CT molecular complexity index is 170. The van der Waals surface area contributed by atoms with Crippen LogP contribution in [0.1, 0.15) is 6.42 Å². The maximum Gasteiger partial charge on any atom is 0.174 e. The average molecular weight is 220 g/mol. The van der Waals surface area contributed by atoms with Crippen LogP contribution in [0.2, 0.25) is 32.2 Å². The van der Waals surface area contributed by atoms with Crippen LogP contribution in [0.4, 0.5) is 0 Å². The Morgan fingerprint density at radius 1 is 1.33 bits per heavy atom. The number of hydrogen-bond donors (Lipinski definition) is 1. The van der Waals surface area contributed by atoms with Crippen LogP contribution in [-0.2, 0) is 4.43 Å². The number of rotatable bonds is 1. The standard InChI is InChI=1S/C8H20OSSi2/c1-11(2)6-5-8(7-10)9-12(11,3)4/h8,10H,5-7H2,1-4H3. The van der Waals surface area contributed by atoms with Gasteiger partial charge in [-0.15, -0.1) is 0 Å². The largest absolute Gasteiger partial charge is 0.416 e. The zero-order chi connectivity index (χ0) is 9.41. The zero-order valence-electron chi connectivity index (χ0n) is 8.55. The predicted octanol–water partition coefficient (Wildman–Crippen LogP) is 2.70. The molecular formula is C8H20OSSi2. The lowest BCUT2D eigenvalue weighted by molar-refractivity contribution is 0.211. The van der Waals surface area contributed by atoms with Gasteiger partial charge >= 0.3 is 0 Å². The summed E-state index contributed by atoms with van der Waals surface area (Å²) in [7, 11) is -2.31. The van der Waals surface area contributed by atoms with Crippen LogP contribution in [0.5, 0.6) is 0 Å². The summed E-state index contributed by atoms with van der Waals surface area (Å²) in [4.78, 5) is 0. The van der Waals surface area contributed by atoms with E-state index >= 15 is 0 Å². The van der Waals surface area contributed by atoms with E-state index < -0.39 is 15.4 Å². The first kappa shape index (κ1) is 10.8. The van der Waals surface area contributed by atoms with E-state index in [0.717, 1.165) is 5.75 Å². The van der Waals surface area contributed by atoms with Gasteiger partial charge in [0, 0.05) is 5.75 Å². The van der Waals surface area contributed by atoms with E-state index in [1.165, 1.54) is 12.5 Å². The first-order valence-corrected chi connectivity index (χ1v) is 12.4. The minimum atomic E-state index is -1.31. The molecule has 1 heterocycles. The topological polar surface area (TPSA) is 9.23 Å². The second-order valence-corrected chi connectivity index (χ2v) is 20.4. The van der Waals surface area contributed by atoms with Crippen molar-refractivity contribution in [3.8, 4) is 0 Å². The summed E-state index contributed by atoms with van der Waals surface area (Å²) < 4.78 is 6.16. The third-order valence-corrected chi connectivity index (χ3v) is 20.4. The van der Waals surface area contributed by atoms with Crippen LogP contribution in [0, 0.1) is 0 Å². The van der Waals surface area contributed by atoms with Gasteiger partial charge in [0.25, 0.3) is 0 Å². The Kier molecular flexibility index (Phi) is 3.14. The van der Waals surface area contributed by atoms with E-state index in [1.807, 2.05) is 0 Å². The monoisotopic (exact) mass is 220 g/mol. The molecule has 0 aromatic heterocycles. The van der Waals surface area contributed by atoms with Gasteiger partial charge in [-0.1, -0.05) is 19.1 Å². The van der Waals surface area contributed by atoms with Crippen LogP contribution < -0.4 is 0 Å². The van der Waals surface area contributed by atoms with Crippen LogP contribution >= 0.6 is 12.6 Å². The second-order valence-electron chi connectivity index (χ2n) is 4.86. The third kappa shape index (κ3) is 1.97. The van der Waals surface area contributed by atoms with E-state index in [0.29, 0.717) is 6.10 Å². The Hall–Kier alpha value is 0.744. The number of hydrogen-bond acceptors (Lipinski definition) is 2. The molecule has 0 amide bonds. The summed E-state index contributed by atoms with van der Waals surface area (Å²) in [5.41, 5.74) is 0. The Morgan fingerprint density at radius 3 is 2.33 bits per heavy atom. The van der Waals surface area contributed by atoms with Crippen LogP contribution in [0.3, 0.4) is 0 Å². The van der Waals surface area contributed by atoms with E-state index in [4.69, 9.17) is 4.43 Å². The molecule has 1 aliphatic heterocycles. The summed E-state index contributed by atoms with van der Waals surface area (Å²) in [6.07, 6.45) is 1.70. The van der Waals surface area contributed by atoms with Gasteiger partial charge in [-0.25, -0.2) is 0 Å². The lowest BCUT2D eigenvalue weighted by Gasteiger charge is -2.45. The summed E-state index contributed by atoms with van der Waals surface area (Å²) in [6, 6.07) is 1.44. The van der Waals surface area contributed by atoms with Crippen molar-refractivity contribution in [1.29, 1.82) is 0 Å². The zero-order valence-corrected chi connectivity index (χ0v) is 11.4. The molecule has 0 spiro atoms. The van der Waals surface area contributed by atoms with Crippen molar-refractivity contribution in [3.63, 3.8) is 0 Å². The fourth-order valence-corrected chi connectivity index (χ4v) is 8.68. The second kappa shape index (κ2) is 3.48. The smallest absolute Gasteiger partial charge is 0.174 e. The van der Waals surface area contributed by atoms with Crippen molar-refractivity contribution in [2.45, 2.75) is 44.8 Å². The SMILES string of the molecule is C[Si]1(C)CCC(CS)O[Si]1(C)C. The van der Waals surface area contributed by atoms with Gasteiger partial charge in [0.05, 0.1) is 13.7 Å². The van der Waals surface area contributed by atoms with E-state index in [2.05, 4.69) is 38.8 Å². The summed E-state index contributed by atoms with van der Waals surface area (Å²) >= 11 is 4.31. The van der Waals surface area contributed by atoms with Crippen molar-refractivity contribution >= 4 is 28.1 Å². The summed E-state index contributed by atoms with van der Waals surface area (Å²) in [5, 5.41) is 0. The van der Waals surface area contributed by atoms with Crippen LogP contribution in [0.15, 0.2) is 0 Å². The molecule has 0 aliphatic carbocycles. The molecular weight excluding hydrogens is 200 g/mol. The minimum absolute atomic E-state index is 0.454. The highest BCUT2D eigenvalue weighted by Gasteiger charge is 2.47. The summed E-state index contributed by atoms with van der Waals surface area (Å²) in [5.74, 6) is 0.904. The quantitative estimate of drug-likeness (QED) is 0.528. The Balaban J connectivity index is 2.68. The predicted molar refractivity (Wildman–Crippen MR) is 63.1 cm³/mol. The molecule has 1 aliphatic rings. The molecule has 0 bridgehead atoms. The van der Waals surface area contributed by atoms with Crippen molar-refractivity contribution in [3.05, 3.63) is 0 Å². The van der Waals surface area contributed by atoms with Gasteiger partial charge in [-0.2, -0.15) is 12.6 Å². The lowest BCUT2D eigenvalue weighted by atomic mass is 10.3. The molecule has 12 heavy (non-hydrogen) atoms. The van der Waals surface area contributed by atoms with Gasteiger partial charge in [-0.3, -0.25) is 0 Å². The van der Waals surface area contributed by atoms with Gasteiger partial charge in [-0.05, 0) is 19.5 Å². The van der Waals surface area contributed by atoms with E-state index in [-0.39, 0.29) is 0 Å². The van der Waals surface area contributed by atoms with Crippen LogP contribution in [0.25, 0.3) is 0 Å². The van der Waals surface area contributed by atoms with Crippen LogP contribution in [-0.4, -0.2) is 27.3 Å². The van der Waals surface area contributed by atoms with Gasteiger partial charge in [0.15, 0.2) is 7.83 Å². The molecule has 1 fully saturated rings. The molecule has 0 radical (unpaired) electrons. The van der Waals surface area contributed by atoms with Crippen molar-refractivity contribution in [2.75, 3.05) is 5.75 Å². The molecule has 0 aromatic carbocycles. The molecule has 1 rings (SSSR count). The molecule has 1 atom stereocenters. The molecule has 0 N–H and O–H groups in total. The van der Waals surface area contributed by atoms with Gasteiger partial charge in [0.1, 0.15) is 0 Å². The minimum Gasteiger partial charge on any atom is -0.416 e. The van der Waals surface area contributed by atoms with Gasteiger partial charge < -0.3 is 4.43 Å². The fraction of sp³-hybridized carbons (Fsp3) is 1.00. The third-order valence-electron chi connectivity index (χ3n) is 3.39. The van der Waals surface area contributed by atoms with Crippen molar-refractivity contribution in [1.82, 2.24) is 0 Å². The maximum absolute atomic E-state index is 6.16. The first-order valence-electron chi connectivity index (χ1n) is 4.68. The Morgan fingerprint density at radius 2 is 1.92 bits per heavy atom. The van der Waals surface area contributed by atoms with Crippen molar-refractivity contribution < 1.29 is 4.43 Å². The summed E-state index contributed by atoms with van der Waals surface area (Å²) in [6.45, 7) is 9.73. The molecule has 1 unspecified atom stereocenters. The highest BCUT2D eigenvalue weighted by molar-refractivity contribution is 7.80. The highest BCUT2D eigenvalue weighted by Crippen LogP contribution is 2.33. The highest BCUT2D eigenvalue weighted by atomic mass is 32.1. The molecule has 1 nitrogen and oxygen atoms in total. The number of thiol groups is 1. The first-order chi connectivity index (χ1) is 5.39. The van der Waals surface area contributed by atoms with E-state index in [9.17, 15) is 0 Å². The Labute approximate surface area is 83.2 Å². The molecule has 0 saturated carbocycles. The lowest BCUT2D eigenvalue weighted by Crippen LogP contribution is -2.61. The maximum atomic E-state index is 6.16. The van der Waals surface area contributed by atoms with Gasteiger partial charge in [0.2, 0.25) is 0 Å². The van der Waals surface area contributed by atoms with E-state index in [1.54, 1.807) is 0 Å². The van der Waals surface area contributed by atoms with Crippen molar-refractivity contribution in [2.24, 2.45) is 0 Å². The fourth-order valence-electron chi connectivity index (χ4n) is 1.59.